The van der Waals surface area contributed by atoms with Crippen molar-refractivity contribution < 1.29 is 14.3 Å². The number of nitrogens with zero attached hydrogens (tertiary/aromatic N) is 1. The Hall–Kier alpha value is -2.82. The van der Waals surface area contributed by atoms with Crippen molar-refractivity contribution in [2.75, 3.05) is 19.6 Å². The highest BCUT2D eigenvalue weighted by Crippen LogP contribution is 2.45. The molecule has 1 aliphatic heterocycles. The quantitative estimate of drug-likeness (QED) is 0.561. The highest BCUT2D eigenvalue weighted by atomic mass is 19.1. The number of Topliss-reactive ketones (excluding diaryl/α,β-unsaturated/α-hetero) is 1. The summed E-state index contributed by atoms with van der Waals surface area (Å²) in [6.07, 6.45) is 2.33. The number of rotatable bonds is 6. The number of carbonyl (C=O) groups is 1. The van der Waals surface area contributed by atoms with E-state index in [1.54, 1.807) is 12.1 Å². The highest BCUT2D eigenvalue weighted by molar-refractivity contribution is 5.98. The molecule has 5 rings (SSSR count). The van der Waals surface area contributed by atoms with Gasteiger partial charge in [0.15, 0.2) is 5.78 Å². The van der Waals surface area contributed by atoms with Gasteiger partial charge in [0, 0.05) is 25.1 Å². The van der Waals surface area contributed by atoms with E-state index in [9.17, 15) is 14.3 Å². The number of ketones is 1. The fraction of sp³-hybridized carbons (Fsp3) is 0.321. The van der Waals surface area contributed by atoms with Crippen LogP contribution in [0.1, 0.15) is 28.8 Å². The van der Waals surface area contributed by atoms with E-state index in [0.717, 1.165) is 37.1 Å². The molecule has 0 spiro atoms. The zero-order chi connectivity index (χ0) is 22.1. The summed E-state index contributed by atoms with van der Waals surface area (Å²) in [6, 6.07) is 24.1. The van der Waals surface area contributed by atoms with E-state index in [0.29, 0.717) is 30.4 Å². The number of fused-ring (bicyclic) bond motifs is 1. The molecule has 3 nitrogen and oxygen atoms in total. The zero-order valence-corrected chi connectivity index (χ0v) is 18.1. The number of carbonyl (C=O) groups excluding carboxylic acids is 1. The van der Waals surface area contributed by atoms with E-state index < -0.39 is 5.60 Å². The Kier molecular flexibility index (Phi) is 5.66. The summed E-state index contributed by atoms with van der Waals surface area (Å²) in [5, 5.41) is 11.1. The average molecular weight is 430 g/mol. The lowest BCUT2D eigenvalue weighted by Gasteiger charge is -2.26. The fourth-order valence-corrected chi connectivity index (χ4v) is 5.59. The Balaban J connectivity index is 1.16. The smallest absolute Gasteiger partial charge is 0.176 e. The SMILES string of the molecule is O=C(CN1C[C@@H]2C[C@@](O)(Cc3ccccc3)C[C@@H]2C1)c1ccc(-c2ccc(F)cc2)cc1. The number of benzene rings is 3. The average Bonchev–Trinajstić information content (AvgIpc) is 3.28. The molecular weight excluding hydrogens is 401 g/mol. The molecule has 32 heavy (non-hydrogen) atoms. The van der Waals surface area contributed by atoms with Gasteiger partial charge in [-0.2, -0.15) is 0 Å². The molecule has 4 heteroatoms. The van der Waals surface area contributed by atoms with Crippen molar-refractivity contribution >= 4 is 5.78 Å². The van der Waals surface area contributed by atoms with Gasteiger partial charge in [-0.05, 0) is 53.5 Å². The number of likely N-dealkylation sites (tertiary alicyclic amines) is 1. The molecule has 3 aromatic carbocycles. The molecule has 0 unspecified atom stereocenters. The van der Waals surface area contributed by atoms with Crippen LogP contribution in [0.25, 0.3) is 11.1 Å². The largest absolute Gasteiger partial charge is 0.390 e. The first-order valence-corrected chi connectivity index (χ1v) is 11.4. The van der Waals surface area contributed by atoms with E-state index in [1.165, 1.54) is 17.7 Å². The molecule has 3 atom stereocenters. The van der Waals surface area contributed by atoms with Crippen LogP contribution in [-0.4, -0.2) is 41.0 Å². The number of halogens is 1. The van der Waals surface area contributed by atoms with Crippen molar-refractivity contribution in [3.05, 3.63) is 95.8 Å². The van der Waals surface area contributed by atoms with Gasteiger partial charge in [-0.1, -0.05) is 66.7 Å². The lowest BCUT2D eigenvalue weighted by Crippen LogP contribution is -2.34. The van der Waals surface area contributed by atoms with Crippen LogP contribution in [0, 0.1) is 17.7 Å². The molecule has 0 aromatic heterocycles. The van der Waals surface area contributed by atoms with Crippen molar-refractivity contribution in [3.63, 3.8) is 0 Å². The molecule has 1 heterocycles. The maximum atomic E-state index is 13.1. The van der Waals surface area contributed by atoms with Gasteiger partial charge in [-0.15, -0.1) is 0 Å². The molecule has 0 amide bonds. The zero-order valence-electron chi connectivity index (χ0n) is 18.1. The van der Waals surface area contributed by atoms with Gasteiger partial charge in [0.2, 0.25) is 0 Å². The Morgan fingerprint density at radius 2 is 1.44 bits per heavy atom. The molecule has 1 aliphatic carbocycles. The first-order chi connectivity index (χ1) is 15.5. The van der Waals surface area contributed by atoms with Crippen LogP contribution in [0.2, 0.25) is 0 Å². The second kappa shape index (κ2) is 8.61. The summed E-state index contributed by atoms with van der Waals surface area (Å²) in [5.74, 6) is 0.777. The lowest BCUT2D eigenvalue weighted by molar-refractivity contribution is 0.0355. The van der Waals surface area contributed by atoms with Crippen molar-refractivity contribution in [3.8, 4) is 11.1 Å². The van der Waals surface area contributed by atoms with Crippen LogP contribution in [0.5, 0.6) is 0 Å². The van der Waals surface area contributed by atoms with Gasteiger partial charge in [0.1, 0.15) is 5.82 Å². The van der Waals surface area contributed by atoms with E-state index in [1.807, 2.05) is 42.5 Å². The minimum absolute atomic E-state index is 0.121. The Labute approximate surface area is 188 Å². The topological polar surface area (TPSA) is 40.5 Å². The molecule has 1 saturated heterocycles. The summed E-state index contributed by atoms with van der Waals surface area (Å²) in [7, 11) is 0. The number of aliphatic hydroxyl groups is 1. The minimum Gasteiger partial charge on any atom is -0.390 e. The normalized spacial score (nSPS) is 25.1. The van der Waals surface area contributed by atoms with Crippen molar-refractivity contribution in [2.24, 2.45) is 11.8 Å². The standard InChI is InChI=1S/C28H28FNO2/c29-26-12-10-22(11-13-26)21-6-8-23(9-7-21)27(31)19-30-17-24-15-28(32,16-25(24)18-30)14-20-4-2-1-3-5-20/h1-13,24-25,32H,14-19H2/t24-,25+,28-. The van der Waals surface area contributed by atoms with Gasteiger partial charge in [-0.25, -0.2) is 4.39 Å². The molecule has 2 aliphatic rings. The molecule has 1 saturated carbocycles. The maximum Gasteiger partial charge on any atom is 0.176 e. The molecule has 2 fully saturated rings. The first-order valence-electron chi connectivity index (χ1n) is 11.4. The molecular formula is C28H28FNO2. The molecule has 0 bridgehead atoms. The predicted octanol–water partition coefficient (Wildman–Crippen LogP) is 4.99. The van der Waals surface area contributed by atoms with E-state index in [2.05, 4.69) is 17.0 Å². The molecule has 3 aromatic rings. The maximum absolute atomic E-state index is 13.1. The van der Waals surface area contributed by atoms with Crippen LogP contribution in [0.4, 0.5) is 4.39 Å². The van der Waals surface area contributed by atoms with Gasteiger partial charge in [0.25, 0.3) is 0 Å². The van der Waals surface area contributed by atoms with Crippen LogP contribution in [-0.2, 0) is 6.42 Å². The van der Waals surface area contributed by atoms with Crippen LogP contribution >= 0.6 is 0 Å². The van der Waals surface area contributed by atoms with Gasteiger partial charge in [-0.3, -0.25) is 9.69 Å². The van der Waals surface area contributed by atoms with Crippen molar-refractivity contribution in [1.29, 1.82) is 0 Å². The Morgan fingerprint density at radius 3 is 2.03 bits per heavy atom. The van der Waals surface area contributed by atoms with Gasteiger partial charge >= 0.3 is 0 Å². The fourth-order valence-electron chi connectivity index (χ4n) is 5.59. The monoisotopic (exact) mass is 429 g/mol. The number of hydrogen-bond acceptors (Lipinski definition) is 3. The molecule has 1 N–H and O–H groups in total. The third-order valence-electron chi connectivity index (χ3n) is 7.06. The lowest BCUT2D eigenvalue weighted by atomic mass is 9.91. The first kappa shape index (κ1) is 21.0. The van der Waals surface area contributed by atoms with Crippen molar-refractivity contribution in [1.82, 2.24) is 4.90 Å². The molecule has 0 radical (unpaired) electrons. The number of hydrogen-bond donors (Lipinski definition) is 1. The Bertz CT molecular complexity index is 1060. The predicted molar refractivity (Wildman–Crippen MR) is 124 cm³/mol. The van der Waals surface area contributed by atoms with Crippen LogP contribution < -0.4 is 0 Å². The third-order valence-corrected chi connectivity index (χ3v) is 7.06. The summed E-state index contributed by atoms with van der Waals surface area (Å²) < 4.78 is 13.1. The second-order valence-electron chi connectivity index (χ2n) is 9.52. The summed E-state index contributed by atoms with van der Waals surface area (Å²) >= 11 is 0. The van der Waals surface area contributed by atoms with E-state index >= 15 is 0 Å². The third kappa shape index (κ3) is 4.52. The summed E-state index contributed by atoms with van der Waals surface area (Å²) in [6.45, 7) is 2.17. The van der Waals surface area contributed by atoms with Crippen LogP contribution in [0.3, 0.4) is 0 Å². The Morgan fingerprint density at radius 1 is 0.875 bits per heavy atom. The van der Waals surface area contributed by atoms with Crippen molar-refractivity contribution in [2.45, 2.75) is 24.9 Å². The minimum atomic E-state index is -0.622. The summed E-state index contributed by atoms with van der Waals surface area (Å²) in [4.78, 5) is 15.1. The van der Waals surface area contributed by atoms with Gasteiger partial charge < -0.3 is 5.11 Å². The van der Waals surface area contributed by atoms with Crippen LogP contribution in [0.15, 0.2) is 78.9 Å². The highest BCUT2D eigenvalue weighted by Gasteiger charge is 2.48. The van der Waals surface area contributed by atoms with Gasteiger partial charge in [0.05, 0.1) is 12.1 Å². The van der Waals surface area contributed by atoms with E-state index in [-0.39, 0.29) is 11.6 Å². The second-order valence-corrected chi connectivity index (χ2v) is 9.52. The summed E-state index contributed by atoms with van der Waals surface area (Å²) in [5.41, 5.74) is 3.17. The van der Waals surface area contributed by atoms with E-state index in [4.69, 9.17) is 0 Å². The molecule has 164 valence electrons.